The number of hydrogen-bond acceptors (Lipinski definition) is 2. The fourth-order valence-corrected chi connectivity index (χ4v) is 2.11. The Morgan fingerprint density at radius 2 is 2.25 bits per heavy atom. The van der Waals surface area contributed by atoms with Crippen LogP contribution >= 0.6 is 0 Å². The van der Waals surface area contributed by atoms with E-state index in [1.165, 1.54) is 5.56 Å². The molecular weight excluding hydrogens is 196 g/mol. The molecule has 1 heterocycles. The lowest BCUT2D eigenvalue weighted by molar-refractivity contribution is 0.416. The van der Waals surface area contributed by atoms with Gasteiger partial charge in [0.05, 0.1) is 11.4 Å². The highest BCUT2D eigenvalue weighted by Gasteiger charge is 2.14. The van der Waals surface area contributed by atoms with E-state index in [1.807, 2.05) is 19.2 Å². The summed E-state index contributed by atoms with van der Waals surface area (Å²) >= 11 is 0. The molecule has 16 heavy (non-hydrogen) atoms. The summed E-state index contributed by atoms with van der Waals surface area (Å²) in [6.07, 6.45) is 6.02. The molecule has 0 aromatic carbocycles. The standard InChI is InChI=1S/C14H22N2/c1-5-12(6-2)10(3)9-13-7-8-16-11(4)14(13)15/h5,7-8,10,12H,1,6,9,15H2,2-4H3. The summed E-state index contributed by atoms with van der Waals surface area (Å²) in [6, 6.07) is 2.02. The van der Waals surface area contributed by atoms with Gasteiger partial charge in [-0.1, -0.05) is 19.9 Å². The van der Waals surface area contributed by atoms with Crippen LogP contribution in [0.15, 0.2) is 24.9 Å². The van der Waals surface area contributed by atoms with Crippen LogP contribution in [-0.4, -0.2) is 4.98 Å². The lowest BCUT2D eigenvalue weighted by Crippen LogP contribution is -2.12. The number of rotatable bonds is 5. The maximum absolute atomic E-state index is 6.03. The molecule has 2 heteroatoms. The van der Waals surface area contributed by atoms with Crippen molar-refractivity contribution < 1.29 is 0 Å². The van der Waals surface area contributed by atoms with E-state index >= 15 is 0 Å². The highest BCUT2D eigenvalue weighted by atomic mass is 14.7. The van der Waals surface area contributed by atoms with Crippen LogP contribution in [0.5, 0.6) is 0 Å². The molecule has 0 radical (unpaired) electrons. The molecule has 2 N–H and O–H groups in total. The second-order valence-corrected chi connectivity index (χ2v) is 4.46. The molecule has 0 aliphatic rings. The van der Waals surface area contributed by atoms with Gasteiger partial charge in [0.1, 0.15) is 0 Å². The van der Waals surface area contributed by atoms with Crippen molar-refractivity contribution in [3.05, 3.63) is 36.2 Å². The maximum atomic E-state index is 6.03. The molecule has 0 saturated carbocycles. The largest absolute Gasteiger partial charge is 0.397 e. The number of aromatic nitrogens is 1. The van der Waals surface area contributed by atoms with Crippen molar-refractivity contribution >= 4 is 5.69 Å². The number of nitrogens with two attached hydrogens (primary N) is 1. The average Bonchev–Trinajstić information content (AvgIpc) is 2.26. The van der Waals surface area contributed by atoms with Gasteiger partial charge in [0, 0.05) is 6.20 Å². The molecule has 88 valence electrons. The highest BCUT2D eigenvalue weighted by Crippen LogP contribution is 2.24. The number of nitrogen functional groups attached to an aromatic ring is 1. The van der Waals surface area contributed by atoms with Crippen molar-refractivity contribution in [3.8, 4) is 0 Å². The molecule has 0 aliphatic heterocycles. The Bertz CT molecular complexity index is 358. The Hall–Kier alpha value is -1.31. The van der Waals surface area contributed by atoms with Gasteiger partial charge in [-0.25, -0.2) is 0 Å². The third-order valence-corrected chi connectivity index (χ3v) is 3.33. The number of nitrogens with zero attached hydrogens (tertiary/aromatic N) is 1. The molecule has 1 aromatic heterocycles. The van der Waals surface area contributed by atoms with Gasteiger partial charge < -0.3 is 5.73 Å². The average molecular weight is 218 g/mol. The zero-order valence-electron chi connectivity index (χ0n) is 10.5. The van der Waals surface area contributed by atoms with E-state index < -0.39 is 0 Å². The predicted octanol–water partition coefficient (Wildman–Crippen LogP) is 3.36. The number of pyridine rings is 1. The molecule has 0 amide bonds. The first-order valence-electron chi connectivity index (χ1n) is 5.92. The first-order chi connectivity index (χ1) is 7.60. The zero-order chi connectivity index (χ0) is 12.1. The van der Waals surface area contributed by atoms with E-state index in [4.69, 9.17) is 5.73 Å². The molecular formula is C14H22N2. The summed E-state index contributed by atoms with van der Waals surface area (Å²) in [5, 5.41) is 0. The number of aryl methyl sites for hydroxylation is 1. The Kier molecular flexibility index (Phi) is 4.53. The first-order valence-corrected chi connectivity index (χ1v) is 5.92. The molecule has 2 nitrogen and oxygen atoms in total. The van der Waals surface area contributed by atoms with Gasteiger partial charge in [-0.3, -0.25) is 4.98 Å². The summed E-state index contributed by atoms with van der Waals surface area (Å²) in [5.74, 6) is 1.14. The molecule has 2 atom stereocenters. The molecule has 2 unspecified atom stereocenters. The van der Waals surface area contributed by atoms with Crippen LogP contribution in [0.25, 0.3) is 0 Å². The maximum Gasteiger partial charge on any atom is 0.0604 e. The third kappa shape index (κ3) is 2.84. The van der Waals surface area contributed by atoms with Crippen LogP contribution in [0.1, 0.15) is 31.5 Å². The zero-order valence-corrected chi connectivity index (χ0v) is 10.5. The van der Waals surface area contributed by atoms with Crippen molar-refractivity contribution in [1.82, 2.24) is 4.98 Å². The van der Waals surface area contributed by atoms with E-state index in [1.54, 1.807) is 0 Å². The summed E-state index contributed by atoms with van der Waals surface area (Å²) in [5.41, 5.74) is 9.00. The molecule has 0 bridgehead atoms. The molecule has 1 rings (SSSR count). The fraction of sp³-hybridized carbons (Fsp3) is 0.500. The Morgan fingerprint density at radius 3 is 2.81 bits per heavy atom. The third-order valence-electron chi connectivity index (χ3n) is 3.33. The van der Waals surface area contributed by atoms with E-state index in [0.717, 1.165) is 24.2 Å². The summed E-state index contributed by atoms with van der Waals surface area (Å²) in [7, 11) is 0. The van der Waals surface area contributed by atoms with Crippen LogP contribution in [-0.2, 0) is 6.42 Å². The van der Waals surface area contributed by atoms with Crippen molar-refractivity contribution in [2.45, 2.75) is 33.6 Å². The van der Waals surface area contributed by atoms with E-state index in [9.17, 15) is 0 Å². The molecule has 0 saturated heterocycles. The molecule has 0 fully saturated rings. The van der Waals surface area contributed by atoms with Gasteiger partial charge in [0.2, 0.25) is 0 Å². The number of hydrogen-bond donors (Lipinski definition) is 1. The highest BCUT2D eigenvalue weighted by molar-refractivity contribution is 5.49. The normalized spacial score (nSPS) is 14.4. The topological polar surface area (TPSA) is 38.9 Å². The monoisotopic (exact) mass is 218 g/mol. The van der Waals surface area contributed by atoms with Crippen LogP contribution in [0.2, 0.25) is 0 Å². The molecule has 0 spiro atoms. The lowest BCUT2D eigenvalue weighted by atomic mass is 9.86. The Labute approximate surface area is 98.6 Å². The smallest absolute Gasteiger partial charge is 0.0604 e. The van der Waals surface area contributed by atoms with E-state index in [0.29, 0.717) is 11.8 Å². The van der Waals surface area contributed by atoms with Crippen LogP contribution in [0.3, 0.4) is 0 Å². The minimum atomic E-state index is 0.563. The molecule has 0 aliphatic carbocycles. The minimum absolute atomic E-state index is 0.563. The minimum Gasteiger partial charge on any atom is -0.397 e. The first kappa shape index (κ1) is 12.8. The van der Waals surface area contributed by atoms with Crippen molar-refractivity contribution in [2.75, 3.05) is 5.73 Å². The van der Waals surface area contributed by atoms with Crippen molar-refractivity contribution in [3.63, 3.8) is 0 Å². The van der Waals surface area contributed by atoms with Gasteiger partial charge in [-0.15, -0.1) is 6.58 Å². The van der Waals surface area contributed by atoms with Crippen molar-refractivity contribution in [2.24, 2.45) is 11.8 Å². The lowest BCUT2D eigenvalue weighted by Gasteiger charge is -2.20. The van der Waals surface area contributed by atoms with Crippen molar-refractivity contribution in [1.29, 1.82) is 0 Å². The number of anilines is 1. The van der Waals surface area contributed by atoms with E-state index in [-0.39, 0.29) is 0 Å². The predicted molar refractivity (Wildman–Crippen MR) is 70.2 cm³/mol. The quantitative estimate of drug-likeness (QED) is 0.770. The van der Waals surface area contributed by atoms with Gasteiger partial charge in [-0.05, 0) is 43.2 Å². The van der Waals surface area contributed by atoms with Gasteiger partial charge in [-0.2, -0.15) is 0 Å². The number of allylic oxidation sites excluding steroid dienone is 1. The SMILES string of the molecule is C=CC(CC)C(C)Cc1ccnc(C)c1N. The Morgan fingerprint density at radius 1 is 1.56 bits per heavy atom. The van der Waals surface area contributed by atoms with Crippen LogP contribution in [0, 0.1) is 18.8 Å². The van der Waals surface area contributed by atoms with Crippen LogP contribution < -0.4 is 5.73 Å². The summed E-state index contributed by atoms with van der Waals surface area (Å²) in [6.45, 7) is 10.3. The van der Waals surface area contributed by atoms with Gasteiger partial charge in [0.25, 0.3) is 0 Å². The van der Waals surface area contributed by atoms with Gasteiger partial charge >= 0.3 is 0 Å². The Balaban J connectivity index is 2.80. The van der Waals surface area contributed by atoms with Crippen LogP contribution in [0.4, 0.5) is 5.69 Å². The summed E-state index contributed by atoms with van der Waals surface area (Å²) in [4.78, 5) is 4.19. The van der Waals surface area contributed by atoms with Gasteiger partial charge in [0.15, 0.2) is 0 Å². The fourth-order valence-electron chi connectivity index (χ4n) is 2.11. The second kappa shape index (κ2) is 5.69. The molecule has 1 aromatic rings. The second-order valence-electron chi connectivity index (χ2n) is 4.46. The summed E-state index contributed by atoms with van der Waals surface area (Å²) < 4.78 is 0. The van der Waals surface area contributed by atoms with E-state index in [2.05, 4.69) is 31.5 Å².